The third kappa shape index (κ3) is 4.43. The average Bonchev–Trinajstić information content (AvgIpc) is 3.47. The van der Waals surface area contributed by atoms with Crippen molar-refractivity contribution in [3.63, 3.8) is 0 Å². The third-order valence-corrected chi connectivity index (χ3v) is 15.0. The van der Waals surface area contributed by atoms with Crippen molar-refractivity contribution < 1.29 is 0 Å². The largest absolute Gasteiger partial charge is 0.291 e. The summed E-state index contributed by atoms with van der Waals surface area (Å²) in [6.07, 6.45) is 18.2. The molecular formula is C42H53N5. The Labute approximate surface area is 282 Å². The van der Waals surface area contributed by atoms with Crippen molar-refractivity contribution >= 4 is 0 Å². The van der Waals surface area contributed by atoms with Crippen LogP contribution in [0.4, 0.5) is 0 Å². The van der Waals surface area contributed by atoms with Crippen molar-refractivity contribution in [3.05, 3.63) is 66.5 Å². The maximum atomic E-state index is 5.26. The molecule has 7 aliphatic rings. The Kier molecular flexibility index (Phi) is 6.98. The lowest BCUT2D eigenvalue weighted by Crippen LogP contribution is -2.78. The third-order valence-electron chi connectivity index (χ3n) is 15.0. The summed E-state index contributed by atoms with van der Waals surface area (Å²) in [5.41, 5.74) is 2.65. The topological polar surface area (TPSA) is 45.2 Å². The van der Waals surface area contributed by atoms with E-state index in [-0.39, 0.29) is 0 Å². The lowest BCUT2D eigenvalue weighted by Gasteiger charge is -2.70. The second kappa shape index (κ2) is 11.2. The van der Waals surface area contributed by atoms with Crippen LogP contribution in [0.5, 0.6) is 0 Å². The van der Waals surface area contributed by atoms with Crippen LogP contribution in [0.1, 0.15) is 109 Å². The van der Waals surface area contributed by atoms with Gasteiger partial charge in [0.15, 0.2) is 11.6 Å². The summed E-state index contributed by atoms with van der Waals surface area (Å²) in [5.74, 6) is 6.48. The van der Waals surface area contributed by atoms with Gasteiger partial charge in [0, 0.05) is 53.3 Å². The van der Waals surface area contributed by atoms with Gasteiger partial charge in [-0.15, -0.1) is 0 Å². The Morgan fingerprint density at radius 1 is 0.532 bits per heavy atom. The quantitative estimate of drug-likeness (QED) is 0.291. The molecule has 5 heteroatoms. The maximum Gasteiger partial charge on any atom is 0.163 e. The standard InChI is InChI=1S/C42H53N5/c1-42(2)31-18-9-10-20-34(31)47-35-21-11-17-29-30-25-28(23-24-33(30)46(37(29)35)36-22-12-19-32(42)38(36)47)41-44-39(26-13-5-3-6-14-26)43-40(45-41)27-15-7-4-8-16-27/h3-8,13-16,28-38H,9-12,17-25H2,1-2H3. The van der Waals surface area contributed by atoms with Gasteiger partial charge in [0.25, 0.3) is 0 Å². The fraction of sp³-hybridized carbons (Fsp3) is 0.643. The summed E-state index contributed by atoms with van der Waals surface area (Å²) in [7, 11) is 0. The van der Waals surface area contributed by atoms with Crippen molar-refractivity contribution in [2.75, 3.05) is 0 Å². The van der Waals surface area contributed by atoms with Crippen LogP contribution >= 0.6 is 0 Å². The van der Waals surface area contributed by atoms with E-state index in [4.69, 9.17) is 15.0 Å². The van der Waals surface area contributed by atoms with Crippen molar-refractivity contribution in [1.82, 2.24) is 24.8 Å². The molecular weight excluding hydrogens is 574 g/mol. The smallest absolute Gasteiger partial charge is 0.163 e. The van der Waals surface area contributed by atoms with E-state index in [0.29, 0.717) is 11.3 Å². The van der Waals surface area contributed by atoms with Crippen molar-refractivity contribution in [2.24, 2.45) is 29.1 Å². The zero-order valence-electron chi connectivity index (χ0n) is 28.6. The first-order valence-electron chi connectivity index (χ1n) is 19.5. The van der Waals surface area contributed by atoms with Crippen LogP contribution in [0, 0.1) is 29.1 Å². The normalized spacial score (nSPS) is 40.5. The molecule has 0 spiro atoms. The predicted octanol–water partition coefficient (Wildman–Crippen LogP) is 8.76. The minimum absolute atomic E-state index is 0.411. The molecule has 246 valence electrons. The van der Waals surface area contributed by atoms with Gasteiger partial charge in [0.1, 0.15) is 5.82 Å². The first-order chi connectivity index (χ1) is 23.1. The Bertz CT molecular complexity index is 1550. The van der Waals surface area contributed by atoms with Gasteiger partial charge in [-0.05, 0) is 86.9 Å². The minimum Gasteiger partial charge on any atom is -0.291 e. The Morgan fingerprint density at radius 3 is 1.85 bits per heavy atom. The fourth-order valence-electron chi connectivity index (χ4n) is 13.4. The lowest BCUT2D eigenvalue weighted by molar-refractivity contribution is -0.208. The van der Waals surface area contributed by atoms with E-state index in [0.717, 1.165) is 88.5 Å². The molecule has 3 saturated heterocycles. The SMILES string of the molecule is CC1(C)C2CCCCC2N2C3CCCC4C5CC(c6nc(-c7ccccc7)nc(-c7ccccc7)n6)CCC5N(C5CCCC1C52)C43. The second-order valence-electron chi connectivity index (χ2n) is 17.2. The molecule has 4 heterocycles. The molecule has 0 radical (unpaired) electrons. The molecule has 1 aromatic heterocycles. The molecule has 2 aromatic carbocycles. The molecule has 4 aliphatic carbocycles. The predicted molar refractivity (Wildman–Crippen MR) is 188 cm³/mol. The zero-order valence-corrected chi connectivity index (χ0v) is 28.6. The highest BCUT2D eigenvalue weighted by atomic mass is 15.4. The van der Waals surface area contributed by atoms with Gasteiger partial charge in [0.05, 0.1) is 0 Å². The van der Waals surface area contributed by atoms with Gasteiger partial charge in [-0.1, -0.05) is 100 Å². The van der Waals surface area contributed by atoms with E-state index in [1.165, 1.54) is 83.5 Å². The van der Waals surface area contributed by atoms with Crippen LogP contribution in [-0.2, 0) is 0 Å². The molecule has 4 saturated carbocycles. The van der Waals surface area contributed by atoms with Gasteiger partial charge in [0.2, 0.25) is 0 Å². The summed E-state index contributed by atoms with van der Waals surface area (Å²) in [5, 5.41) is 0. The fourth-order valence-corrected chi connectivity index (χ4v) is 13.4. The highest BCUT2D eigenvalue weighted by Gasteiger charge is 2.67. The number of hydrogen-bond donors (Lipinski definition) is 0. The van der Waals surface area contributed by atoms with Crippen LogP contribution in [0.25, 0.3) is 22.8 Å². The molecule has 3 aromatic rings. The van der Waals surface area contributed by atoms with Crippen LogP contribution in [0.2, 0.25) is 0 Å². The first kappa shape index (κ1) is 29.3. The summed E-state index contributed by atoms with van der Waals surface area (Å²) >= 11 is 0. The van der Waals surface area contributed by atoms with Gasteiger partial charge < -0.3 is 0 Å². The Hall–Kier alpha value is -2.63. The number of fused-ring (bicyclic) bond motifs is 7. The monoisotopic (exact) mass is 627 g/mol. The summed E-state index contributed by atoms with van der Waals surface area (Å²) < 4.78 is 0. The molecule has 10 rings (SSSR count). The minimum atomic E-state index is 0.411. The van der Waals surface area contributed by atoms with E-state index in [9.17, 15) is 0 Å². The van der Waals surface area contributed by atoms with Crippen molar-refractivity contribution in [2.45, 2.75) is 139 Å². The highest BCUT2D eigenvalue weighted by molar-refractivity contribution is 5.60. The number of piperazine rings is 1. The van der Waals surface area contributed by atoms with E-state index in [1.54, 1.807) is 0 Å². The molecule has 7 fully saturated rings. The Morgan fingerprint density at radius 2 is 1.13 bits per heavy atom. The molecule has 0 bridgehead atoms. The second-order valence-corrected chi connectivity index (χ2v) is 17.2. The van der Waals surface area contributed by atoms with E-state index in [1.807, 2.05) is 0 Å². The number of benzene rings is 2. The number of piperidine rings is 1. The van der Waals surface area contributed by atoms with Gasteiger partial charge in [-0.2, -0.15) is 0 Å². The van der Waals surface area contributed by atoms with Gasteiger partial charge in [-0.25, -0.2) is 15.0 Å². The van der Waals surface area contributed by atoms with E-state index < -0.39 is 0 Å². The van der Waals surface area contributed by atoms with Crippen LogP contribution in [0.15, 0.2) is 60.7 Å². The number of nitrogens with zero attached hydrogens (tertiary/aromatic N) is 5. The van der Waals surface area contributed by atoms with E-state index >= 15 is 0 Å². The van der Waals surface area contributed by atoms with Crippen molar-refractivity contribution in [1.29, 1.82) is 0 Å². The number of rotatable bonds is 3. The Balaban J connectivity index is 1.01. The molecule has 3 aliphatic heterocycles. The summed E-state index contributed by atoms with van der Waals surface area (Å²) in [4.78, 5) is 22.1. The van der Waals surface area contributed by atoms with Crippen molar-refractivity contribution in [3.8, 4) is 22.8 Å². The average molecular weight is 628 g/mol. The van der Waals surface area contributed by atoms with Crippen LogP contribution in [-0.4, -0.2) is 61.0 Å². The first-order valence-corrected chi connectivity index (χ1v) is 19.5. The molecule has 11 atom stereocenters. The molecule has 11 unspecified atom stereocenters. The molecule has 5 nitrogen and oxygen atoms in total. The molecule has 47 heavy (non-hydrogen) atoms. The summed E-state index contributed by atoms with van der Waals surface area (Å²) in [6, 6.07) is 25.8. The number of aromatic nitrogens is 3. The lowest BCUT2D eigenvalue weighted by atomic mass is 9.52. The molecule has 0 N–H and O–H groups in total. The zero-order chi connectivity index (χ0) is 31.3. The van der Waals surface area contributed by atoms with Crippen LogP contribution in [0.3, 0.4) is 0 Å². The summed E-state index contributed by atoms with van der Waals surface area (Å²) in [6.45, 7) is 5.41. The van der Waals surface area contributed by atoms with Gasteiger partial charge >= 0.3 is 0 Å². The number of hydrogen-bond acceptors (Lipinski definition) is 5. The van der Waals surface area contributed by atoms with Gasteiger partial charge in [-0.3, -0.25) is 9.80 Å². The van der Waals surface area contributed by atoms with Crippen LogP contribution < -0.4 is 0 Å². The maximum absolute atomic E-state index is 5.26. The molecule has 0 amide bonds. The highest BCUT2D eigenvalue weighted by Crippen LogP contribution is 2.63. The van der Waals surface area contributed by atoms with E-state index in [2.05, 4.69) is 84.3 Å².